The van der Waals surface area contributed by atoms with Gasteiger partial charge in [-0.1, -0.05) is 187 Å². The van der Waals surface area contributed by atoms with Gasteiger partial charge >= 0.3 is 0 Å². The highest BCUT2D eigenvalue weighted by Crippen LogP contribution is 2.19. The molecule has 0 saturated carbocycles. The summed E-state index contributed by atoms with van der Waals surface area (Å²) in [5.41, 5.74) is 0. The molecule has 0 aliphatic rings. The minimum Gasteiger partial charge on any atom is -0.412 e. The third-order valence-electron chi connectivity index (χ3n) is 7.63. The smallest absolute Gasteiger partial charge is 0.0223 e. The fourth-order valence-electron chi connectivity index (χ4n) is 5.19. The number of alkyl halides is 1. The summed E-state index contributed by atoms with van der Waals surface area (Å²) in [4.78, 5) is 0. The van der Waals surface area contributed by atoms with Gasteiger partial charge in [-0.25, -0.2) is 0 Å². The van der Waals surface area contributed by atoms with Crippen LogP contribution < -0.4 is 0 Å². The molecule has 0 heterocycles. The molecular weight excluding hydrogens is 436 g/mol. The first-order valence-electron chi connectivity index (χ1n) is 15.9. The van der Waals surface area contributed by atoms with Crippen LogP contribution in [0.3, 0.4) is 0 Å². The molecule has 0 amide bonds. The van der Waals surface area contributed by atoms with Crippen LogP contribution in [0.5, 0.6) is 0 Å². The van der Waals surface area contributed by atoms with Crippen LogP contribution in [-0.2, 0) is 0 Å². The second kappa shape index (κ2) is 33.2. The minimum atomic E-state index is 0. The first-order chi connectivity index (χ1) is 16.3. The van der Waals surface area contributed by atoms with E-state index in [4.69, 9.17) is 11.6 Å². The summed E-state index contributed by atoms with van der Waals surface area (Å²) in [6.07, 6.45) is 40.6. The summed E-state index contributed by atoms with van der Waals surface area (Å²) >= 11 is 5.72. The standard InChI is InChI=1S/C32H65Cl.H2O/c1-3-4-5-6-7-8-9-10-11-14-17-20-23-26-29-32(2)30-27-24-21-18-15-12-13-16-19-22-25-28-31-33;/h32H,3-31H2,1-2H3;1H2. The van der Waals surface area contributed by atoms with Gasteiger partial charge in [-0.3, -0.25) is 0 Å². The molecule has 0 spiro atoms. The van der Waals surface area contributed by atoms with Crippen LogP contribution in [0.25, 0.3) is 0 Å². The summed E-state index contributed by atoms with van der Waals surface area (Å²) in [6.45, 7) is 4.80. The molecule has 1 atom stereocenters. The van der Waals surface area contributed by atoms with Gasteiger partial charge in [0.05, 0.1) is 0 Å². The summed E-state index contributed by atoms with van der Waals surface area (Å²) < 4.78 is 0. The molecule has 208 valence electrons. The Kier molecular flexibility index (Phi) is 35.6. The fraction of sp³-hybridized carbons (Fsp3) is 1.00. The Morgan fingerprint density at radius 2 is 0.618 bits per heavy atom. The van der Waals surface area contributed by atoms with Crippen LogP contribution in [0.1, 0.15) is 194 Å². The SMILES string of the molecule is CCCCCCCCCCCCCCCCC(C)CCCCCCCCCCCCCCCl.O. The number of hydrogen-bond donors (Lipinski definition) is 0. The fourth-order valence-corrected chi connectivity index (χ4v) is 5.38. The van der Waals surface area contributed by atoms with Crippen molar-refractivity contribution < 1.29 is 5.48 Å². The van der Waals surface area contributed by atoms with E-state index in [9.17, 15) is 0 Å². The van der Waals surface area contributed by atoms with E-state index in [0.29, 0.717) is 0 Å². The average molecular weight is 503 g/mol. The maximum absolute atomic E-state index is 5.72. The Hall–Kier alpha value is 0.250. The molecule has 0 radical (unpaired) electrons. The molecule has 0 rings (SSSR count). The lowest BCUT2D eigenvalue weighted by molar-refractivity contribution is 0.429. The first-order valence-corrected chi connectivity index (χ1v) is 16.4. The largest absolute Gasteiger partial charge is 0.412 e. The van der Waals surface area contributed by atoms with Crippen LogP contribution in [0.15, 0.2) is 0 Å². The van der Waals surface area contributed by atoms with E-state index in [2.05, 4.69) is 13.8 Å². The zero-order chi connectivity index (χ0) is 24.1. The molecule has 0 bridgehead atoms. The van der Waals surface area contributed by atoms with E-state index in [-0.39, 0.29) is 5.48 Å². The summed E-state index contributed by atoms with van der Waals surface area (Å²) in [5, 5.41) is 0. The molecule has 1 unspecified atom stereocenters. The van der Waals surface area contributed by atoms with Gasteiger partial charge in [-0.2, -0.15) is 0 Å². The predicted molar refractivity (Wildman–Crippen MR) is 158 cm³/mol. The first kappa shape index (κ1) is 36.4. The molecule has 0 aliphatic carbocycles. The van der Waals surface area contributed by atoms with Gasteiger partial charge in [0.15, 0.2) is 0 Å². The molecule has 0 aliphatic heterocycles. The quantitative estimate of drug-likeness (QED) is 0.0718. The van der Waals surface area contributed by atoms with Crippen LogP contribution in [0.2, 0.25) is 0 Å². The lowest BCUT2D eigenvalue weighted by atomic mass is 9.95. The van der Waals surface area contributed by atoms with Crippen LogP contribution in [0.4, 0.5) is 0 Å². The van der Waals surface area contributed by atoms with Gasteiger partial charge in [-0.15, -0.1) is 11.6 Å². The Bertz CT molecular complexity index is 333. The lowest BCUT2D eigenvalue weighted by Gasteiger charge is -2.11. The van der Waals surface area contributed by atoms with Gasteiger partial charge in [0.2, 0.25) is 0 Å². The van der Waals surface area contributed by atoms with Crippen molar-refractivity contribution in [3.8, 4) is 0 Å². The van der Waals surface area contributed by atoms with Crippen molar-refractivity contribution in [3.05, 3.63) is 0 Å². The normalized spacial score (nSPS) is 12.1. The maximum atomic E-state index is 5.72. The van der Waals surface area contributed by atoms with Gasteiger partial charge in [0.1, 0.15) is 0 Å². The Morgan fingerprint density at radius 1 is 0.382 bits per heavy atom. The highest BCUT2D eigenvalue weighted by Gasteiger charge is 2.02. The summed E-state index contributed by atoms with van der Waals surface area (Å²) in [7, 11) is 0. The number of rotatable bonds is 29. The highest BCUT2D eigenvalue weighted by molar-refractivity contribution is 6.17. The topological polar surface area (TPSA) is 31.5 Å². The number of hydrogen-bond acceptors (Lipinski definition) is 0. The highest BCUT2D eigenvalue weighted by atomic mass is 35.5. The van der Waals surface area contributed by atoms with Crippen LogP contribution in [0, 0.1) is 5.92 Å². The Labute approximate surface area is 222 Å². The van der Waals surface area contributed by atoms with Gasteiger partial charge in [-0.05, 0) is 12.3 Å². The van der Waals surface area contributed by atoms with Crippen molar-refractivity contribution in [1.29, 1.82) is 0 Å². The zero-order valence-electron chi connectivity index (χ0n) is 24.0. The van der Waals surface area contributed by atoms with Gasteiger partial charge < -0.3 is 5.48 Å². The molecule has 2 N–H and O–H groups in total. The second-order valence-electron chi connectivity index (χ2n) is 11.2. The summed E-state index contributed by atoms with van der Waals surface area (Å²) in [6, 6.07) is 0. The number of halogens is 1. The van der Waals surface area contributed by atoms with Gasteiger partial charge in [0.25, 0.3) is 0 Å². The molecule has 0 fully saturated rings. The second-order valence-corrected chi connectivity index (χ2v) is 11.6. The molecular formula is C32H67ClO. The van der Waals surface area contributed by atoms with E-state index < -0.39 is 0 Å². The van der Waals surface area contributed by atoms with E-state index in [1.807, 2.05) is 0 Å². The summed E-state index contributed by atoms with van der Waals surface area (Å²) in [5.74, 6) is 1.80. The van der Waals surface area contributed by atoms with Crippen LogP contribution in [-0.4, -0.2) is 11.4 Å². The van der Waals surface area contributed by atoms with E-state index in [1.165, 1.54) is 180 Å². The van der Waals surface area contributed by atoms with E-state index in [1.54, 1.807) is 0 Å². The van der Waals surface area contributed by atoms with Crippen molar-refractivity contribution >= 4 is 11.6 Å². The molecule has 1 nitrogen and oxygen atoms in total. The minimum absolute atomic E-state index is 0. The van der Waals surface area contributed by atoms with Crippen LogP contribution >= 0.6 is 11.6 Å². The molecule has 0 saturated heterocycles. The van der Waals surface area contributed by atoms with Crippen molar-refractivity contribution in [2.45, 2.75) is 194 Å². The van der Waals surface area contributed by atoms with Gasteiger partial charge in [0, 0.05) is 5.88 Å². The average Bonchev–Trinajstić information content (AvgIpc) is 2.82. The van der Waals surface area contributed by atoms with Crippen molar-refractivity contribution in [1.82, 2.24) is 0 Å². The third kappa shape index (κ3) is 32.2. The monoisotopic (exact) mass is 502 g/mol. The number of unbranched alkanes of at least 4 members (excludes halogenated alkanes) is 24. The predicted octanol–water partition coefficient (Wildman–Crippen LogP) is 12.0. The molecule has 0 aromatic rings. The molecule has 34 heavy (non-hydrogen) atoms. The maximum Gasteiger partial charge on any atom is 0.0223 e. The lowest BCUT2D eigenvalue weighted by Crippen LogP contribution is -1.95. The Morgan fingerprint density at radius 3 is 0.882 bits per heavy atom. The third-order valence-corrected chi connectivity index (χ3v) is 7.90. The molecule has 2 heteroatoms. The molecule has 0 aromatic heterocycles. The van der Waals surface area contributed by atoms with E-state index in [0.717, 1.165) is 11.8 Å². The van der Waals surface area contributed by atoms with Crippen molar-refractivity contribution in [2.24, 2.45) is 5.92 Å². The van der Waals surface area contributed by atoms with Crippen molar-refractivity contribution in [2.75, 3.05) is 5.88 Å². The molecule has 0 aromatic carbocycles. The van der Waals surface area contributed by atoms with Crippen molar-refractivity contribution in [3.63, 3.8) is 0 Å². The van der Waals surface area contributed by atoms with E-state index >= 15 is 0 Å². The zero-order valence-corrected chi connectivity index (χ0v) is 24.7. The Balaban J connectivity index is 0.